The van der Waals surface area contributed by atoms with Gasteiger partial charge in [-0.05, 0) is 184 Å². The summed E-state index contributed by atoms with van der Waals surface area (Å²) in [5.74, 6) is -13.8. The molecule has 0 saturated carbocycles. The Morgan fingerprint density at radius 3 is 1.88 bits per heavy atom. The van der Waals surface area contributed by atoms with Gasteiger partial charge in [0.05, 0.1) is 15.6 Å². The van der Waals surface area contributed by atoms with Crippen molar-refractivity contribution in [2.24, 2.45) is 0 Å². The van der Waals surface area contributed by atoms with Crippen LogP contribution in [0, 0.1) is 0 Å². The average molecular weight is 1610 g/mol. The van der Waals surface area contributed by atoms with Gasteiger partial charge in [-0.3, -0.25) is 33.6 Å². The van der Waals surface area contributed by atoms with E-state index in [1.54, 1.807) is 20.8 Å². The van der Waals surface area contributed by atoms with E-state index in [4.69, 9.17) is 42.1 Å². The number of hydrogen-bond donors (Lipinski definition) is 16. The van der Waals surface area contributed by atoms with Gasteiger partial charge in [0.2, 0.25) is 47.1 Å². The zero-order chi connectivity index (χ0) is 81.4. The molecular weight excluding hydrogens is 1510 g/mol. The fourth-order valence-corrected chi connectivity index (χ4v) is 15.2. The maximum atomic E-state index is 16.3. The second-order valence-corrected chi connectivity index (χ2v) is 31.1. The summed E-state index contributed by atoms with van der Waals surface area (Å²) in [6.45, 7) is 10.9. The molecular formula is C83H94Cl2N10O19. The first-order valence-electron chi connectivity index (χ1n) is 38.3. The molecule has 7 aromatic rings. The summed E-state index contributed by atoms with van der Waals surface area (Å²) >= 11 is 14.1. The molecule has 0 spiro atoms. The van der Waals surface area contributed by atoms with Crippen LogP contribution in [-0.2, 0) is 51.3 Å². The molecule has 0 aliphatic carbocycles. The number of unbranched alkanes of at least 4 members (excludes halogenated alkanes) is 7. The lowest BCUT2D eigenvalue weighted by Crippen LogP contribution is -2.56. The van der Waals surface area contributed by atoms with Crippen LogP contribution >= 0.6 is 23.2 Å². The summed E-state index contributed by atoms with van der Waals surface area (Å²) in [6.07, 6.45) is 8.17. The minimum atomic E-state index is -2.21. The van der Waals surface area contributed by atoms with E-state index in [-0.39, 0.29) is 102 Å². The first-order chi connectivity index (χ1) is 54.5. The van der Waals surface area contributed by atoms with Crippen LogP contribution in [0.5, 0.6) is 69.0 Å². The van der Waals surface area contributed by atoms with Crippen LogP contribution in [0.15, 0.2) is 109 Å². The third kappa shape index (κ3) is 19.3. The first-order valence-corrected chi connectivity index (χ1v) is 39.0. The summed E-state index contributed by atoms with van der Waals surface area (Å²) in [4.78, 5) is 125. The highest BCUT2D eigenvalue weighted by Gasteiger charge is 2.43. The van der Waals surface area contributed by atoms with Gasteiger partial charge in [-0.25, -0.2) is 4.79 Å². The van der Waals surface area contributed by atoms with Crippen molar-refractivity contribution < 1.29 is 93.0 Å². The molecule has 9 atom stereocenters. The molecule has 31 heteroatoms. The fourth-order valence-electron chi connectivity index (χ4n) is 14.7. The number of ether oxygens (including phenoxy) is 4. The second-order valence-electron chi connectivity index (χ2n) is 30.3. The molecule has 7 aliphatic rings. The number of carbonyl (C=O) groups excluding carboxylic acids is 8. The molecule has 16 N–H and O–H groups in total. The number of nitrogens with one attached hydrogen (secondary N) is 9. The van der Waals surface area contributed by atoms with Crippen LogP contribution in [-0.4, -0.2) is 138 Å². The topological polar surface area (TPSA) is 427 Å². The Morgan fingerprint density at radius 1 is 0.570 bits per heavy atom. The monoisotopic (exact) mass is 1600 g/mol. The Balaban J connectivity index is 1.01. The lowest BCUT2D eigenvalue weighted by molar-refractivity contribution is -0.137. The Hall–Kier alpha value is -11.2. The molecule has 14 rings (SSSR count). The van der Waals surface area contributed by atoms with E-state index in [1.807, 2.05) is 0 Å². The highest BCUT2D eigenvalue weighted by Crippen LogP contribution is 2.50. The third-order valence-corrected chi connectivity index (χ3v) is 21.3. The highest BCUT2D eigenvalue weighted by molar-refractivity contribution is 6.32. The standard InChI is InChI=1S/C83H94Cl2N10O19/c1-6-7-8-9-10-11-12-14-26-86-41-53-59(99)40-52-65(73(53)101)51-34-44(19-22-57(51)97)66-78(106)93-71(81(109)92-70(52)76(104)87-27-16-29-95-28-15-13-17-42(95)2)72(100)46-21-25-61(55(85)35-46)113-64-38-48-37-63(74(64)102)112-60-24-18-43(30-54(60)84)31-56-75(103)89-68(79(107)91-69(48)80(108)90-66)47-32-49(96)39-50(33-47)111-62-36-45(20-23-58(62)98)67(77(105)88-56)94-82(110)114-83(3,4)5/h18-25,30,32-40,42,56,66-72,86,96-102H,6-17,26-29,31,41H2,1-5H3,(H,87,104)(H,88,105)(H,89,103)(H,90,108)(H,91,107)(H,92,109)(H,93,106)(H,94,110)/t42?,56-,66-,67+,68-,69-,70-,71-,72?/m0/s1. The van der Waals surface area contributed by atoms with Crippen LogP contribution < -0.4 is 62.1 Å². The van der Waals surface area contributed by atoms with E-state index >= 15 is 28.8 Å². The molecule has 29 nitrogen and oxygen atoms in total. The van der Waals surface area contributed by atoms with Gasteiger partial charge in [0.25, 0.3) is 0 Å². The number of nitrogens with zero attached hydrogens (tertiary/aromatic N) is 1. The number of piperidine rings is 1. The van der Waals surface area contributed by atoms with Gasteiger partial charge in [0, 0.05) is 49.3 Å². The highest BCUT2D eigenvalue weighted by atomic mass is 35.5. The number of aliphatic hydroxyl groups excluding tert-OH is 1. The molecule has 604 valence electrons. The summed E-state index contributed by atoms with van der Waals surface area (Å²) < 4.78 is 24.5. The Morgan fingerprint density at radius 2 is 1.19 bits per heavy atom. The summed E-state index contributed by atoms with van der Waals surface area (Å²) in [5.41, 5.74) is -2.76. The van der Waals surface area contributed by atoms with Gasteiger partial charge in [-0.1, -0.05) is 106 Å². The number of phenolic OH excluding ortho intramolecular Hbond substituents is 6. The van der Waals surface area contributed by atoms with Crippen LogP contribution in [0.4, 0.5) is 4.79 Å². The number of benzene rings is 7. The minimum Gasteiger partial charge on any atom is -0.508 e. The zero-order valence-electron chi connectivity index (χ0n) is 63.5. The molecule has 2 unspecified atom stereocenters. The molecule has 8 amide bonds. The van der Waals surface area contributed by atoms with Crippen LogP contribution in [0.2, 0.25) is 10.0 Å². The molecule has 0 aromatic heterocycles. The number of likely N-dealkylation sites (tertiary alicyclic amines) is 1. The van der Waals surface area contributed by atoms with Gasteiger partial charge >= 0.3 is 6.09 Å². The van der Waals surface area contributed by atoms with Gasteiger partial charge < -0.3 is 107 Å². The van der Waals surface area contributed by atoms with Crippen molar-refractivity contribution in [2.45, 2.75) is 185 Å². The molecule has 114 heavy (non-hydrogen) atoms. The molecule has 0 radical (unpaired) electrons. The Kier molecular flexibility index (Phi) is 25.9. The van der Waals surface area contributed by atoms with Crippen LogP contribution in [0.3, 0.4) is 0 Å². The maximum absolute atomic E-state index is 16.3. The number of amides is 8. The molecule has 7 heterocycles. The van der Waals surface area contributed by atoms with Crippen LogP contribution in [0.25, 0.3) is 11.1 Å². The minimum absolute atomic E-state index is 0.000397. The quantitative estimate of drug-likeness (QED) is 0.0377. The van der Waals surface area contributed by atoms with Gasteiger partial charge in [0.15, 0.2) is 23.0 Å². The SMILES string of the molecule is CCCCCCCCCCNCc1c(O)cc2c(c1O)-c1cc(ccc1O)[C@@H]1NC(=O)[C@H]3NC(=O)[C@H]4NC(=O)[C@H](Cc5ccc(c(Cl)c5)Oc5cc3cc(c5O)Oc3ccc(cc3Cl)C(O)[C@H](NC1=O)C(=O)N[C@@H]2C(=O)NCCCN1CCCCC1C)NC(=O)[C@H](NC(=O)OC(C)(C)C)c1ccc(O)c(c1)Oc1cc(O)cc4c1. The van der Waals surface area contributed by atoms with E-state index in [1.165, 1.54) is 72.8 Å². The largest absolute Gasteiger partial charge is 0.508 e. The third-order valence-electron chi connectivity index (χ3n) is 20.7. The zero-order valence-corrected chi connectivity index (χ0v) is 65.1. The first kappa shape index (κ1) is 82.2. The molecule has 7 aliphatic heterocycles. The van der Waals surface area contributed by atoms with Crippen molar-refractivity contribution in [3.05, 3.63) is 164 Å². The van der Waals surface area contributed by atoms with Gasteiger partial charge in [0.1, 0.15) is 94.2 Å². The predicted octanol–water partition coefficient (Wildman–Crippen LogP) is 11.1. The van der Waals surface area contributed by atoms with Crippen LogP contribution in [0.1, 0.15) is 192 Å². The Bertz CT molecular complexity index is 4850. The number of fused-ring (bicyclic) bond motifs is 14. The second kappa shape index (κ2) is 35.8. The fraction of sp³-hybridized carbons (Fsp3) is 0.398. The van der Waals surface area contributed by atoms with Crippen molar-refractivity contribution in [2.75, 3.05) is 26.2 Å². The lowest BCUT2D eigenvalue weighted by Gasteiger charge is -2.33. The summed E-state index contributed by atoms with van der Waals surface area (Å²) in [6, 6.07) is 8.31. The van der Waals surface area contributed by atoms with E-state index in [0.717, 1.165) is 114 Å². The normalized spacial score (nSPS) is 21.1. The average Bonchev–Trinajstić information content (AvgIpc) is 0.753. The number of hydrogen-bond acceptors (Lipinski definition) is 21. The van der Waals surface area contributed by atoms with E-state index in [9.17, 15) is 45.3 Å². The van der Waals surface area contributed by atoms with E-state index in [0.29, 0.717) is 25.6 Å². The van der Waals surface area contributed by atoms with Crippen molar-refractivity contribution in [1.82, 2.24) is 52.8 Å². The molecule has 1 fully saturated rings. The molecule has 7 aromatic carbocycles. The maximum Gasteiger partial charge on any atom is 0.408 e. The predicted molar refractivity (Wildman–Crippen MR) is 419 cm³/mol. The van der Waals surface area contributed by atoms with Crippen molar-refractivity contribution >= 4 is 70.6 Å². The van der Waals surface area contributed by atoms with E-state index in [2.05, 4.69) is 66.6 Å². The van der Waals surface area contributed by atoms with Gasteiger partial charge in [-0.15, -0.1) is 0 Å². The van der Waals surface area contributed by atoms with Gasteiger partial charge in [-0.2, -0.15) is 0 Å². The number of rotatable bonds is 17. The lowest BCUT2D eigenvalue weighted by atomic mass is 9.87. The molecule has 1 saturated heterocycles. The van der Waals surface area contributed by atoms with Crippen molar-refractivity contribution in [3.63, 3.8) is 0 Å². The number of phenols is 6. The summed E-state index contributed by atoms with van der Waals surface area (Å²) in [5, 5.41) is 109. The smallest absolute Gasteiger partial charge is 0.408 e. The number of carbonyl (C=O) groups is 8. The number of aromatic hydroxyl groups is 6. The molecule has 17 bridgehead atoms. The van der Waals surface area contributed by atoms with Crippen molar-refractivity contribution in [3.8, 4) is 80.1 Å². The number of alkyl carbamates (subject to hydrolysis) is 1. The number of halogens is 2. The number of aliphatic hydroxyl groups is 1. The summed E-state index contributed by atoms with van der Waals surface area (Å²) in [7, 11) is 0. The van der Waals surface area contributed by atoms with Crippen molar-refractivity contribution in [1.29, 1.82) is 0 Å². The van der Waals surface area contributed by atoms with E-state index < -0.39 is 154 Å². The Labute approximate surface area is 667 Å².